The molecule has 1 unspecified atom stereocenters. The number of hydrogen-bond acceptors (Lipinski definition) is 2. The van der Waals surface area contributed by atoms with Gasteiger partial charge in [-0.15, -0.1) is 0 Å². The molecule has 2 nitrogen and oxygen atoms in total. The summed E-state index contributed by atoms with van der Waals surface area (Å²) in [6.07, 6.45) is 7.98. The summed E-state index contributed by atoms with van der Waals surface area (Å²) < 4.78 is 0. The third-order valence-electron chi connectivity index (χ3n) is 3.38. The third kappa shape index (κ3) is 3.97. The van der Waals surface area contributed by atoms with E-state index in [1.54, 1.807) is 0 Å². The summed E-state index contributed by atoms with van der Waals surface area (Å²) in [5, 5.41) is 7.11. The van der Waals surface area contributed by atoms with Crippen LogP contribution in [0.15, 0.2) is 0 Å². The molecule has 0 amide bonds. The predicted octanol–water partition coefficient (Wildman–Crippen LogP) is 2.30. The van der Waals surface area contributed by atoms with Gasteiger partial charge in [-0.05, 0) is 46.1 Å². The molecule has 0 aromatic carbocycles. The lowest BCUT2D eigenvalue weighted by atomic mass is 9.90. The van der Waals surface area contributed by atoms with Gasteiger partial charge in [0.1, 0.15) is 0 Å². The van der Waals surface area contributed by atoms with E-state index in [0.717, 1.165) is 12.1 Å². The molecule has 84 valence electrons. The smallest absolute Gasteiger partial charge is 0.00706 e. The van der Waals surface area contributed by atoms with Crippen molar-refractivity contribution in [3.63, 3.8) is 0 Å². The Hall–Kier alpha value is -0.0800. The van der Waals surface area contributed by atoms with Gasteiger partial charge in [-0.2, -0.15) is 0 Å². The molecular formula is C12H26N2. The molecule has 2 N–H and O–H groups in total. The van der Waals surface area contributed by atoms with Crippen molar-refractivity contribution in [2.75, 3.05) is 7.05 Å². The van der Waals surface area contributed by atoms with Gasteiger partial charge in [0, 0.05) is 18.1 Å². The maximum absolute atomic E-state index is 3.74. The van der Waals surface area contributed by atoms with Crippen molar-refractivity contribution in [2.45, 2.75) is 70.5 Å². The van der Waals surface area contributed by atoms with E-state index < -0.39 is 0 Å². The number of nitrogens with one attached hydrogen (secondary N) is 2. The van der Waals surface area contributed by atoms with Crippen molar-refractivity contribution in [2.24, 2.45) is 0 Å². The fraction of sp³-hybridized carbons (Fsp3) is 1.00. The number of hydrogen-bond donors (Lipinski definition) is 2. The minimum absolute atomic E-state index is 0.705. The van der Waals surface area contributed by atoms with Gasteiger partial charge in [0.25, 0.3) is 0 Å². The average molecular weight is 198 g/mol. The fourth-order valence-corrected chi connectivity index (χ4v) is 2.47. The molecule has 0 aromatic heterocycles. The molecular weight excluding hydrogens is 172 g/mol. The number of rotatable bonds is 5. The van der Waals surface area contributed by atoms with Crippen LogP contribution in [0.1, 0.15) is 52.4 Å². The predicted molar refractivity (Wildman–Crippen MR) is 62.6 cm³/mol. The largest absolute Gasteiger partial charge is 0.317 e. The van der Waals surface area contributed by atoms with Crippen LogP contribution in [0.4, 0.5) is 0 Å². The van der Waals surface area contributed by atoms with Crippen molar-refractivity contribution in [3.8, 4) is 0 Å². The highest BCUT2D eigenvalue weighted by Gasteiger charge is 2.20. The molecule has 0 aliphatic heterocycles. The van der Waals surface area contributed by atoms with Crippen LogP contribution < -0.4 is 10.6 Å². The van der Waals surface area contributed by atoms with Gasteiger partial charge in [-0.3, -0.25) is 0 Å². The molecule has 0 radical (unpaired) electrons. The summed E-state index contributed by atoms with van der Waals surface area (Å²) in [5.41, 5.74) is 0. The molecule has 14 heavy (non-hydrogen) atoms. The van der Waals surface area contributed by atoms with E-state index in [1.165, 1.54) is 38.5 Å². The molecule has 1 rings (SSSR count). The topological polar surface area (TPSA) is 24.1 Å². The van der Waals surface area contributed by atoms with Crippen LogP contribution in [0.5, 0.6) is 0 Å². The summed E-state index contributed by atoms with van der Waals surface area (Å²) in [6.45, 7) is 4.57. The Morgan fingerprint density at radius 1 is 1.14 bits per heavy atom. The second-order valence-corrected chi connectivity index (χ2v) is 4.69. The Bertz CT molecular complexity index is 139. The van der Waals surface area contributed by atoms with E-state index in [9.17, 15) is 0 Å². The van der Waals surface area contributed by atoms with Crippen molar-refractivity contribution in [1.82, 2.24) is 10.6 Å². The van der Waals surface area contributed by atoms with Gasteiger partial charge in [-0.1, -0.05) is 13.3 Å². The lowest BCUT2D eigenvalue weighted by Gasteiger charge is -2.31. The Morgan fingerprint density at radius 3 is 2.21 bits per heavy atom. The maximum Gasteiger partial charge on any atom is 0.00706 e. The fourth-order valence-electron chi connectivity index (χ4n) is 2.47. The highest BCUT2D eigenvalue weighted by molar-refractivity contribution is 4.81. The zero-order valence-electron chi connectivity index (χ0n) is 9.97. The molecule has 1 saturated carbocycles. The first kappa shape index (κ1) is 12.0. The van der Waals surface area contributed by atoms with Crippen LogP contribution in [0, 0.1) is 0 Å². The average Bonchev–Trinajstić information content (AvgIpc) is 2.19. The molecule has 0 bridgehead atoms. The van der Waals surface area contributed by atoms with E-state index in [2.05, 4.69) is 31.5 Å². The van der Waals surface area contributed by atoms with Gasteiger partial charge in [0.2, 0.25) is 0 Å². The second-order valence-electron chi connectivity index (χ2n) is 4.69. The molecule has 2 heteroatoms. The molecule has 1 atom stereocenters. The molecule has 1 aliphatic carbocycles. The van der Waals surface area contributed by atoms with Gasteiger partial charge in [0.05, 0.1) is 0 Å². The van der Waals surface area contributed by atoms with E-state index in [1.807, 2.05) is 0 Å². The van der Waals surface area contributed by atoms with E-state index in [4.69, 9.17) is 0 Å². The Kier molecular flexibility index (Phi) is 5.49. The highest BCUT2D eigenvalue weighted by atomic mass is 15.0. The summed E-state index contributed by atoms with van der Waals surface area (Å²) in [4.78, 5) is 0. The molecule has 0 spiro atoms. The summed E-state index contributed by atoms with van der Waals surface area (Å²) in [6, 6.07) is 2.26. The minimum Gasteiger partial charge on any atom is -0.317 e. The normalized spacial score (nSPS) is 30.2. The molecule has 0 heterocycles. The zero-order valence-corrected chi connectivity index (χ0v) is 9.97. The van der Waals surface area contributed by atoms with Crippen LogP contribution >= 0.6 is 0 Å². The second kappa shape index (κ2) is 6.41. The van der Waals surface area contributed by atoms with E-state index >= 15 is 0 Å². The lowest BCUT2D eigenvalue weighted by Crippen LogP contribution is -2.42. The zero-order chi connectivity index (χ0) is 10.4. The Morgan fingerprint density at radius 2 is 1.71 bits per heavy atom. The van der Waals surface area contributed by atoms with Crippen LogP contribution in [0.2, 0.25) is 0 Å². The molecule has 0 aromatic rings. The minimum atomic E-state index is 0.705. The molecule has 1 fully saturated rings. The Balaban J connectivity index is 2.15. The summed E-state index contributed by atoms with van der Waals surface area (Å²) in [5.74, 6) is 0. The monoisotopic (exact) mass is 198 g/mol. The van der Waals surface area contributed by atoms with Gasteiger partial charge in [-0.25, -0.2) is 0 Å². The van der Waals surface area contributed by atoms with Gasteiger partial charge in [0.15, 0.2) is 0 Å². The van der Waals surface area contributed by atoms with Crippen molar-refractivity contribution in [3.05, 3.63) is 0 Å². The van der Waals surface area contributed by atoms with Crippen LogP contribution in [0.25, 0.3) is 0 Å². The van der Waals surface area contributed by atoms with E-state index in [-0.39, 0.29) is 0 Å². The quantitative estimate of drug-likeness (QED) is 0.708. The molecule has 1 aliphatic rings. The lowest BCUT2D eigenvalue weighted by molar-refractivity contribution is 0.295. The standard InChI is InChI=1S/C12H26N2/c1-4-5-10(2)14-12-8-6-11(13-3)7-9-12/h10-14H,4-9H2,1-3H3. The third-order valence-corrected chi connectivity index (χ3v) is 3.38. The summed E-state index contributed by atoms with van der Waals surface area (Å²) >= 11 is 0. The Labute approximate surface area is 88.8 Å². The van der Waals surface area contributed by atoms with Crippen LogP contribution in [-0.4, -0.2) is 25.2 Å². The van der Waals surface area contributed by atoms with Gasteiger partial charge >= 0.3 is 0 Å². The first-order valence-corrected chi connectivity index (χ1v) is 6.19. The van der Waals surface area contributed by atoms with Crippen molar-refractivity contribution in [1.29, 1.82) is 0 Å². The molecule has 0 saturated heterocycles. The van der Waals surface area contributed by atoms with Crippen molar-refractivity contribution < 1.29 is 0 Å². The van der Waals surface area contributed by atoms with Crippen LogP contribution in [0.3, 0.4) is 0 Å². The maximum atomic E-state index is 3.74. The van der Waals surface area contributed by atoms with Crippen LogP contribution in [-0.2, 0) is 0 Å². The van der Waals surface area contributed by atoms with Crippen molar-refractivity contribution >= 4 is 0 Å². The SMILES string of the molecule is CCCC(C)NC1CCC(NC)CC1. The summed E-state index contributed by atoms with van der Waals surface area (Å²) in [7, 11) is 2.08. The highest BCUT2D eigenvalue weighted by Crippen LogP contribution is 2.19. The van der Waals surface area contributed by atoms with E-state index in [0.29, 0.717) is 6.04 Å². The first-order valence-electron chi connectivity index (χ1n) is 6.19. The van der Waals surface area contributed by atoms with Gasteiger partial charge < -0.3 is 10.6 Å². The first-order chi connectivity index (χ1) is 6.76.